The van der Waals surface area contributed by atoms with Crippen LogP contribution in [0, 0.1) is 16.7 Å². The van der Waals surface area contributed by atoms with Crippen LogP contribution in [-0.2, 0) is 16.0 Å². The van der Waals surface area contributed by atoms with Crippen molar-refractivity contribution >= 4 is 11.8 Å². The van der Waals surface area contributed by atoms with E-state index in [1.54, 1.807) is 7.11 Å². The molecule has 3 aliphatic rings. The van der Waals surface area contributed by atoms with Gasteiger partial charge in [0.2, 0.25) is 11.8 Å². The van der Waals surface area contributed by atoms with Gasteiger partial charge in [-0.05, 0) is 42.9 Å². The number of benzene rings is 1. The number of carbonyl (C=O) groups is 2. The molecule has 4 rings (SSSR count). The second kappa shape index (κ2) is 8.22. The van der Waals surface area contributed by atoms with Crippen LogP contribution in [0.5, 0.6) is 5.75 Å². The molecule has 0 saturated carbocycles. The van der Waals surface area contributed by atoms with Crippen LogP contribution in [0.25, 0.3) is 0 Å². The zero-order chi connectivity index (χ0) is 21.4. The smallest absolute Gasteiger partial charge is 0.228 e. The molecule has 1 N–H and O–H groups in total. The summed E-state index contributed by atoms with van der Waals surface area (Å²) in [5.41, 5.74) is 0.703. The van der Waals surface area contributed by atoms with Gasteiger partial charge in [0.25, 0.3) is 0 Å². The summed E-state index contributed by atoms with van der Waals surface area (Å²) in [6.45, 7) is 9.65. The highest BCUT2D eigenvalue weighted by molar-refractivity contribution is 5.86. The highest BCUT2D eigenvalue weighted by Gasteiger charge is 2.63. The lowest BCUT2D eigenvalue weighted by atomic mass is 9.60. The van der Waals surface area contributed by atoms with Crippen LogP contribution in [0.1, 0.15) is 38.7 Å². The first-order valence-electron chi connectivity index (χ1n) is 11.3. The molecule has 1 unspecified atom stereocenters. The Morgan fingerprint density at radius 2 is 1.97 bits per heavy atom. The molecule has 3 aliphatic heterocycles. The molecule has 6 heteroatoms. The monoisotopic (exact) mass is 413 g/mol. The van der Waals surface area contributed by atoms with Crippen molar-refractivity contribution in [1.82, 2.24) is 15.1 Å². The maximum absolute atomic E-state index is 13.0. The number of hydrogen-bond donors (Lipinski definition) is 1. The molecule has 2 spiro atoms. The summed E-state index contributed by atoms with van der Waals surface area (Å²) in [7, 11) is 1.64. The fraction of sp³-hybridized carbons (Fsp3) is 0.667. The Labute approximate surface area is 179 Å². The first-order chi connectivity index (χ1) is 14.4. The van der Waals surface area contributed by atoms with Crippen molar-refractivity contribution in [3.05, 3.63) is 29.8 Å². The van der Waals surface area contributed by atoms with Gasteiger partial charge in [-0.3, -0.25) is 9.59 Å². The number of likely N-dealkylation sites (tertiary alicyclic amines) is 2. The third-order valence-electron chi connectivity index (χ3n) is 7.49. The molecule has 1 aromatic carbocycles. The molecule has 3 heterocycles. The molecule has 0 aliphatic carbocycles. The van der Waals surface area contributed by atoms with Crippen LogP contribution in [0.15, 0.2) is 24.3 Å². The number of nitrogens with one attached hydrogen (secondary N) is 1. The average Bonchev–Trinajstić information content (AvgIpc) is 3.23. The van der Waals surface area contributed by atoms with Gasteiger partial charge >= 0.3 is 0 Å². The van der Waals surface area contributed by atoms with E-state index >= 15 is 0 Å². The van der Waals surface area contributed by atoms with E-state index in [-0.39, 0.29) is 22.6 Å². The molecule has 3 saturated heterocycles. The SMILES string of the molecule is COc1cccc(CC(=O)N2CCC3(CC2)CN(CC(C)C)CC32CCNC2=O)c1. The summed E-state index contributed by atoms with van der Waals surface area (Å²) in [6, 6.07) is 7.73. The van der Waals surface area contributed by atoms with Crippen molar-refractivity contribution in [2.75, 3.05) is 46.4 Å². The first kappa shape index (κ1) is 21.2. The number of piperidine rings is 1. The highest BCUT2D eigenvalue weighted by Crippen LogP contribution is 2.56. The second-order valence-corrected chi connectivity index (χ2v) is 9.84. The predicted molar refractivity (Wildman–Crippen MR) is 116 cm³/mol. The van der Waals surface area contributed by atoms with Crippen LogP contribution in [-0.4, -0.2) is 68.0 Å². The standard InChI is InChI=1S/C24H35N3O3/c1-18(2)15-26-16-23(24(17-26)7-10-25-22(24)29)8-11-27(12-9-23)21(28)14-19-5-4-6-20(13-19)30-3/h4-6,13,18H,7-12,14-17H2,1-3H3,(H,25,29). The first-order valence-corrected chi connectivity index (χ1v) is 11.3. The number of hydrogen-bond acceptors (Lipinski definition) is 4. The Kier molecular flexibility index (Phi) is 5.80. The van der Waals surface area contributed by atoms with Crippen molar-refractivity contribution in [2.24, 2.45) is 16.7 Å². The molecule has 164 valence electrons. The Balaban J connectivity index is 1.45. The van der Waals surface area contributed by atoms with E-state index in [2.05, 4.69) is 24.1 Å². The highest BCUT2D eigenvalue weighted by atomic mass is 16.5. The number of carbonyl (C=O) groups excluding carboxylic acids is 2. The Morgan fingerprint density at radius 1 is 1.20 bits per heavy atom. The van der Waals surface area contributed by atoms with E-state index in [1.807, 2.05) is 29.2 Å². The summed E-state index contributed by atoms with van der Waals surface area (Å²) in [4.78, 5) is 30.4. The third-order valence-corrected chi connectivity index (χ3v) is 7.49. The van der Waals surface area contributed by atoms with Gasteiger partial charge in [-0.2, -0.15) is 0 Å². The summed E-state index contributed by atoms with van der Waals surface area (Å²) < 4.78 is 5.28. The van der Waals surface area contributed by atoms with Gasteiger partial charge < -0.3 is 19.9 Å². The normalized spacial score (nSPS) is 26.0. The van der Waals surface area contributed by atoms with Crippen molar-refractivity contribution < 1.29 is 14.3 Å². The van der Waals surface area contributed by atoms with E-state index < -0.39 is 0 Å². The van der Waals surface area contributed by atoms with Gasteiger partial charge in [0.05, 0.1) is 18.9 Å². The molecule has 2 amide bonds. The lowest BCUT2D eigenvalue weighted by Gasteiger charge is -2.46. The Hall–Kier alpha value is -2.08. The quantitative estimate of drug-likeness (QED) is 0.805. The maximum Gasteiger partial charge on any atom is 0.228 e. The van der Waals surface area contributed by atoms with Crippen LogP contribution in [0.4, 0.5) is 0 Å². The summed E-state index contributed by atoms with van der Waals surface area (Å²) >= 11 is 0. The minimum Gasteiger partial charge on any atom is -0.497 e. The number of methoxy groups -OCH3 is 1. The van der Waals surface area contributed by atoms with Gasteiger partial charge in [0, 0.05) is 44.7 Å². The fourth-order valence-corrected chi connectivity index (χ4v) is 6.05. The van der Waals surface area contributed by atoms with E-state index in [1.165, 1.54) is 0 Å². The van der Waals surface area contributed by atoms with Crippen LogP contribution in [0.2, 0.25) is 0 Å². The molecule has 6 nitrogen and oxygen atoms in total. The van der Waals surface area contributed by atoms with Crippen molar-refractivity contribution in [3.8, 4) is 5.75 Å². The van der Waals surface area contributed by atoms with E-state index in [0.29, 0.717) is 12.3 Å². The number of fused-ring (bicyclic) bond motifs is 1. The third kappa shape index (κ3) is 3.70. The zero-order valence-electron chi connectivity index (χ0n) is 18.6. The summed E-state index contributed by atoms with van der Waals surface area (Å²) in [5.74, 6) is 1.78. The molecular formula is C24H35N3O3. The average molecular weight is 414 g/mol. The number of amides is 2. The zero-order valence-corrected chi connectivity index (χ0v) is 18.6. The molecule has 30 heavy (non-hydrogen) atoms. The van der Waals surface area contributed by atoms with Crippen LogP contribution in [0.3, 0.4) is 0 Å². The number of rotatable bonds is 5. The Morgan fingerprint density at radius 3 is 2.60 bits per heavy atom. The van der Waals surface area contributed by atoms with Gasteiger partial charge in [-0.1, -0.05) is 26.0 Å². The van der Waals surface area contributed by atoms with Gasteiger partial charge in [-0.25, -0.2) is 0 Å². The minimum absolute atomic E-state index is 0.00474. The number of ether oxygens (including phenoxy) is 1. The minimum atomic E-state index is -0.274. The van der Waals surface area contributed by atoms with Crippen LogP contribution < -0.4 is 10.1 Å². The largest absolute Gasteiger partial charge is 0.497 e. The van der Waals surface area contributed by atoms with E-state index in [0.717, 1.165) is 69.8 Å². The van der Waals surface area contributed by atoms with Gasteiger partial charge in [0.1, 0.15) is 5.75 Å². The predicted octanol–water partition coefficient (Wildman–Crippen LogP) is 2.32. The van der Waals surface area contributed by atoms with E-state index in [9.17, 15) is 9.59 Å². The van der Waals surface area contributed by atoms with Crippen molar-refractivity contribution in [2.45, 2.75) is 39.5 Å². The molecule has 1 aromatic rings. The second-order valence-electron chi connectivity index (χ2n) is 9.84. The Bertz CT molecular complexity index is 801. The van der Waals surface area contributed by atoms with Gasteiger partial charge in [0.15, 0.2) is 0 Å². The van der Waals surface area contributed by atoms with E-state index in [4.69, 9.17) is 4.74 Å². The topological polar surface area (TPSA) is 61.9 Å². The molecular weight excluding hydrogens is 378 g/mol. The lowest BCUT2D eigenvalue weighted by Crippen LogP contribution is -2.53. The van der Waals surface area contributed by atoms with Crippen molar-refractivity contribution in [3.63, 3.8) is 0 Å². The lowest BCUT2D eigenvalue weighted by molar-refractivity contribution is -0.138. The molecule has 0 bridgehead atoms. The fourth-order valence-electron chi connectivity index (χ4n) is 6.05. The molecule has 0 radical (unpaired) electrons. The summed E-state index contributed by atoms with van der Waals surface area (Å²) in [6.07, 6.45) is 3.16. The van der Waals surface area contributed by atoms with Crippen molar-refractivity contribution in [1.29, 1.82) is 0 Å². The van der Waals surface area contributed by atoms with Gasteiger partial charge in [-0.15, -0.1) is 0 Å². The summed E-state index contributed by atoms with van der Waals surface area (Å²) in [5, 5.41) is 3.12. The molecule has 3 fully saturated rings. The number of nitrogens with zero attached hydrogens (tertiary/aromatic N) is 2. The molecule has 0 aromatic heterocycles. The maximum atomic E-state index is 13.0. The molecule has 1 atom stereocenters. The van der Waals surface area contributed by atoms with Crippen LogP contribution >= 0.6 is 0 Å².